The van der Waals surface area contributed by atoms with Gasteiger partial charge in [-0.25, -0.2) is 16.8 Å². The first-order chi connectivity index (χ1) is 7.59. The van der Waals surface area contributed by atoms with Crippen LogP contribution in [-0.2, 0) is 19.9 Å². The number of hydrogen-bond acceptors (Lipinski definition) is 5. The van der Waals surface area contributed by atoms with E-state index in [2.05, 4.69) is 20.7 Å². The van der Waals surface area contributed by atoms with E-state index in [-0.39, 0.29) is 5.69 Å². The lowest BCUT2D eigenvalue weighted by atomic mass is 10.3. The van der Waals surface area contributed by atoms with Crippen molar-refractivity contribution >= 4 is 47.2 Å². The Morgan fingerprint density at radius 3 is 2.35 bits per heavy atom. The Kier molecular flexibility index (Phi) is 4.05. The minimum Gasteiger partial charge on any atom is -0.398 e. The summed E-state index contributed by atoms with van der Waals surface area (Å²) in [5, 5.41) is -0.962. The average Bonchev–Trinajstić information content (AvgIpc) is 2.06. The van der Waals surface area contributed by atoms with Gasteiger partial charge in [-0.1, -0.05) is 0 Å². The molecular formula is C8H11BrN2O4S2. The molecule has 96 valence electrons. The molecule has 1 rings (SSSR count). The van der Waals surface area contributed by atoms with E-state index >= 15 is 0 Å². The normalized spacial score (nSPS) is 12.4. The van der Waals surface area contributed by atoms with Crippen molar-refractivity contribution in [3.8, 4) is 0 Å². The molecular weight excluding hydrogens is 332 g/mol. The van der Waals surface area contributed by atoms with Gasteiger partial charge in [0.05, 0.1) is 5.69 Å². The van der Waals surface area contributed by atoms with Crippen molar-refractivity contribution in [3.63, 3.8) is 0 Å². The molecule has 0 spiro atoms. The third-order valence-electron chi connectivity index (χ3n) is 1.64. The van der Waals surface area contributed by atoms with E-state index in [4.69, 9.17) is 5.73 Å². The van der Waals surface area contributed by atoms with Gasteiger partial charge in [-0.2, -0.15) is 0 Å². The number of hydrogen-bond donors (Lipinski definition) is 2. The maximum atomic E-state index is 11.5. The van der Waals surface area contributed by atoms with E-state index < -0.39 is 24.9 Å². The van der Waals surface area contributed by atoms with Gasteiger partial charge >= 0.3 is 0 Å². The molecule has 6 nitrogen and oxygen atoms in total. The lowest BCUT2D eigenvalue weighted by Gasteiger charge is -2.08. The molecule has 1 aromatic carbocycles. The minimum atomic E-state index is -3.93. The average molecular weight is 343 g/mol. The second-order valence-electron chi connectivity index (χ2n) is 3.50. The highest BCUT2D eigenvalue weighted by atomic mass is 79.9. The Morgan fingerprint density at radius 1 is 1.29 bits per heavy atom. The van der Waals surface area contributed by atoms with Crippen LogP contribution >= 0.6 is 15.9 Å². The summed E-state index contributed by atoms with van der Waals surface area (Å²) in [4.78, 5) is 0. The smallest absolute Gasteiger partial charge is 0.247 e. The Labute approximate surface area is 108 Å². The Morgan fingerprint density at radius 2 is 1.88 bits per heavy atom. The monoisotopic (exact) mass is 342 g/mol. The van der Waals surface area contributed by atoms with Gasteiger partial charge in [0.2, 0.25) is 10.0 Å². The molecule has 0 saturated heterocycles. The highest BCUT2D eigenvalue weighted by Gasteiger charge is 2.18. The number of sulfonamides is 1. The van der Waals surface area contributed by atoms with Gasteiger partial charge in [0, 0.05) is 16.4 Å². The quantitative estimate of drug-likeness (QED) is 0.786. The summed E-state index contributed by atoms with van der Waals surface area (Å²) in [6.07, 6.45) is 0.849. The van der Waals surface area contributed by atoms with Crippen LogP contribution in [0.3, 0.4) is 0 Å². The van der Waals surface area contributed by atoms with Crippen LogP contribution in [0.4, 0.5) is 11.4 Å². The summed E-state index contributed by atoms with van der Waals surface area (Å²) in [6, 6.07) is 4.43. The van der Waals surface area contributed by atoms with E-state index in [1.54, 1.807) is 6.07 Å². The zero-order valence-electron chi connectivity index (χ0n) is 8.84. The van der Waals surface area contributed by atoms with Gasteiger partial charge in [0.25, 0.3) is 0 Å². The fourth-order valence-corrected chi connectivity index (χ4v) is 4.32. The molecule has 17 heavy (non-hydrogen) atoms. The maximum absolute atomic E-state index is 11.5. The van der Waals surface area contributed by atoms with Crippen molar-refractivity contribution in [1.82, 2.24) is 0 Å². The van der Waals surface area contributed by atoms with Crippen LogP contribution in [0.5, 0.6) is 0 Å². The zero-order chi connectivity index (χ0) is 13.3. The molecule has 0 saturated carbocycles. The molecule has 0 aliphatic heterocycles. The molecule has 9 heteroatoms. The van der Waals surface area contributed by atoms with Crippen molar-refractivity contribution in [3.05, 3.63) is 22.7 Å². The second-order valence-corrected chi connectivity index (χ2v) is 8.58. The van der Waals surface area contributed by atoms with Crippen LogP contribution in [0, 0.1) is 0 Å². The molecule has 0 atom stereocenters. The summed E-state index contributed by atoms with van der Waals surface area (Å²) in [6.45, 7) is 0. The highest BCUT2D eigenvalue weighted by Crippen LogP contribution is 2.23. The highest BCUT2D eigenvalue weighted by molar-refractivity contribution is 9.10. The van der Waals surface area contributed by atoms with Crippen LogP contribution in [0.1, 0.15) is 0 Å². The number of rotatable bonds is 4. The number of nitrogen functional groups attached to an aromatic ring is 1. The summed E-state index contributed by atoms with van der Waals surface area (Å²) in [5.74, 6) is 0. The first-order valence-corrected chi connectivity index (χ1v) is 8.83. The summed E-state index contributed by atoms with van der Waals surface area (Å²) in [7, 11) is -7.54. The van der Waals surface area contributed by atoms with Crippen LogP contribution in [0.15, 0.2) is 22.7 Å². The number of anilines is 2. The van der Waals surface area contributed by atoms with E-state index in [1.807, 2.05) is 0 Å². The predicted octanol–water partition coefficient (Wildman–Crippen LogP) is 0.775. The maximum Gasteiger partial charge on any atom is 0.247 e. The number of nitrogens with one attached hydrogen (secondary N) is 1. The van der Waals surface area contributed by atoms with Crippen molar-refractivity contribution in [2.45, 2.75) is 0 Å². The van der Waals surface area contributed by atoms with Crippen molar-refractivity contribution < 1.29 is 16.8 Å². The van der Waals surface area contributed by atoms with Gasteiger partial charge in [-0.05, 0) is 34.1 Å². The lowest BCUT2D eigenvalue weighted by molar-refractivity contribution is 0.595. The van der Waals surface area contributed by atoms with Crippen molar-refractivity contribution in [1.29, 1.82) is 0 Å². The van der Waals surface area contributed by atoms with E-state index in [0.717, 1.165) is 6.26 Å². The third kappa shape index (κ3) is 4.92. The molecule has 1 aromatic rings. The summed E-state index contributed by atoms with van der Waals surface area (Å²) >= 11 is 3.16. The number of halogens is 1. The molecule has 0 heterocycles. The van der Waals surface area contributed by atoms with Gasteiger partial charge in [-0.15, -0.1) is 0 Å². The first kappa shape index (κ1) is 14.3. The standard InChI is InChI=1S/C8H11BrN2O4S2/c1-16(12,13)5-17(14,15)11-6-2-3-7(9)8(10)4-6/h2-4,11H,5,10H2,1H3. The Bertz CT molecular complexity index is 625. The Balaban J connectivity index is 2.95. The fourth-order valence-electron chi connectivity index (χ4n) is 1.10. The van der Waals surface area contributed by atoms with E-state index in [9.17, 15) is 16.8 Å². The molecule has 0 radical (unpaired) electrons. The lowest BCUT2D eigenvalue weighted by Crippen LogP contribution is -2.22. The fraction of sp³-hybridized carbons (Fsp3) is 0.250. The van der Waals surface area contributed by atoms with Crippen molar-refractivity contribution in [2.75, 3.05) is 21.8 Å². The van der Waals surface area contributed by atoms with Crippen LogP contribution < -0.4 is 10.5 Å². The van der Waals surface area contributed by atoms with Gasteiger partial charge in [-0.3, -0.25) is 4.72 Å². The Hall–Kier alpha value is -0.800. The molecule has 0 amide bonds. The van der Waals surface area contributed by atoms with Gasteiger partial charge in [0.15, 0.2) is 14.9 Å². The minimum absolute atomic E-state index is 0.217. The molecule has 0 bridgehead atoms. The summed E-state index contributed by atoms with van der Waals surface area (Å²) < 4.78 is 47.5. The largest absolute Gasteiger partial charge is 0.398 e. The predicted molar refractivity (Wildman–Crippen MR) is 70.8 cm³/mol. The van der Waals surface area contributed by atoms with Gasteiger partial charge in [0.1, 0.15) is 0 Å². The number of nitrogens with two attached hydrogens (primary N) is 1. The molecule has 3 N–H and O–H groups in total. The van der Waals surface area contributed by atoms with Gasteiger partial charge < -0.3 is 5.73 Å². The van der Waals surface area contributed by atoms with Crippen LogP contribution in [0.2, 0.25) is 0 Å². The second kappa shape index (κ2) is 4.83. The summed E-state index contributed by atoms with van der Waals surface area (Å²) in [5.41, 5.74) is 6.14. The van der Waals surface area contributed by atoms with Crippen LogP contribution in [0.25, 0.3) is 0 Å². The van der Waals surface area contributed by atoms with Crippen molar-refractivity contribution in [2.24, 2.45) is 0 Å². The van der Waals surface area contributed by atoms with Crippen LogP contribution in [-0.4, -0.2) is 28.2 Å². The van der Waals surface area contributed by atoms with E-state index in [1.165, 1.54) is 12.1 Å². The molecule has 0 fully saturated rings. The number of benzene rings is 1. The SMILES string of the molecule is CS(=O)(=O)CS(=O)(=O)Nc1ccc(Br)c(N)c1. The molecule has 0 aromatic heterocycles. The first-order valence-electron chi connectivity index (χ1n) is 4.32. The molecule has 0 aliphatic carbocycles. The molecule has 0 unspecified atom stereocenters. The van der Waals surface area contributed by atoms with E-state index in [0.29, 0.717) is 10.2 Å². The zero-order valence-corrected chi connectivity index (χ0v) is 12.1. The number of sulfone groups is 1. The third-order valence-corrected chi connectivity index (χ3v) is 5.86. The topological polar surface area (TPSA) is 106 Å². The molecule has 0 aliphatic rings.